The lowest BCUT2D eigenvalue weighted by atomic mass is 9.89. The average molecular weight is 513 g/mol. The second-order valence-electron chi connectivity index (χ2n) is 10.7. The number of ether oxygens (including phenoxy) is 2. The molecule has 1 atom stereocenters. The van der Waals surface area contributed by atoms with Gasteiger partial charge in [0.1, 0.15) is 17.0 Å². The molecule has 1 aromatic carbocycles. The molecule has 0 aromatic heterocycles. The highest BCUT2D eigenvalue weighted by atomic mass is 16.6. The van der Waals surface area contributed by atoms with Crippen molar-refractivity contribution in [3.63, 3.8) is 0 Å². The predicted octanol–water partition coefficient (Wildman–Crippen LogP) is 9.46. The van der Waals surface area contributed by atoms with E-state index >= 15 is 0 Å². The van der Waals surface area contributed by atoms with Crippen LogP contribution in [-0.4, -0.2) is 28.2 Å². The zero-order valence-electron chi connectivity index (χ0n) is 21.4. The number of esters is 2. The molecule has 214 valence electrons. The number of phenols is 1. The van der Waals surface area contributed by atoms with Crippen molar-refractivity contribution < 1.29 is 24.2 Å². The van der Waals surface area contributed by atoms with Crippen molar-refractivity contribution >= 4 is 11.9 Å². The molecule has 36 heavy (non-hydrogen) atoms. The number of rotatable bonds is 7. The van der Waals surface area contributed by atoms with E-state index in [1.54, 1.807) is 12.1 Å². The highest BCUT2D eigenvalue weighted by Crippen LogP contribution is 2.39. The van der Waals surface area contributed by atoms with E-state index in [4.69, 9.17) is 14.6 Å². The molecule has 0 bridgehead atoms. The SMILES string of the molecule is C.C.C.C.CCC(C)(C)C(=O)OC1(CC(=O)OC(C)(C)C)CCCC1.CCC(C)c1ccc(O)cc1. The van der Waals surface area contributed by atoms with Gasteiger partial charge in [0.25, 0.3) is 0 Å². The fourth-order valence-corrected chi connectivity index (χ4v) is 3.49. The van der Waals surface area contributed by atoms with E-state index in [2.05, 4.69) is 13.8 Å². The summed E-state index contributed by atoms with van der Waals surface area (Å²) in [6, 6.07) is 7.43. The number of hydrogen-bond acceptors (Lipinski definition) is 5. The Labute approximate surface area is 224 Å². The number of benzene rings is 1. The first-order chi connectivity index (χ1) is 14.7. The Hall–Kier alpha value is -2.04. The third-order valence-electron chi connectivity index (χ3n) is 6.22. The second-order valence-corrected chi connectivity index (χ2v) is 10.7. The van der Waals surface area contributed by atoms with Gasteiger partial charge in [-0.05, 0) is 96.8 Å². The lowest BCUT2D eigenvalue weighted by Gasteiger charge is -2.33. The van der Waals surface area contributed by atoms with Crippen molar-refractivity contribution in [2.24, 2.45) is 5.41 Å². The predicted molar refractivity (Wildman–Crippen MR) is 156 cm³/mol. The highest BCUT2D eigenvalue weighted by molar-refractivity contribution is 5.77. The van der Waals surface area contributed by atoms with Gasteiger partial charge in [-0.15, -0.1) is 0 Å². The van der Waals surface area contributed by atoms with E-state index in [-0.39, 0.29) is 48.1 Å². The van der Waals surface area contributed by atoms with Crippen LogP contribution >= 0.6 is 0 Å². The van der Waals surface area contributed by atoms with Crippen LogP contribution in [0.2, 0.25) is 0 Å². The van der Waals surface area contributed by atoms with Crippen LogP contribution in [0.4, 0.5) is 0 Å². The van der Waals surface area contributed by atoms with E-state index in [1.165, 1.54) is 5.56 Å². The third kappa shape index (κ3) is 13.9. The van der Waals surface area contributed by atoms with Crippen molar-refractivity contribution in [1.82, 2.24) is 0 Å². The molecule has 0 aliphatic heterocycles. The van der Waals surface area contributed by atoms with Crippen LogP contribution in [0, 0.1) is 5.41 Å². The summed E-state index contributed by atoms with van der Waals surface area (Å²) in [6.45, 7) is 15.6. The van der Waals surface area contributed by atoms with Gasteiger partial charge < -0.3 is 14.6 Å². The molecule has 1 aromatic rings. The minimum absolute atomic E-state index is 0. The Bertz CT molecular complexity index is 722. The first-order valence-corrected chi connectivity index (χ1v) is 12.0. The molecule has 0 amide bonds. The van der Waals surface area contributed by atoms with Crippen LogP contribution in [0.25, 0.3) is 0 Å². The molecule has 2 rings (SSSR count). The van der Waals surface area contributed by atoms with Gasteiger partial charge in [-0.2, -0.15) is 0 Å². The minimum Gasteiger partial charge on any atom is -0.508 e. The topological polar surface area (TPSA) is 72.8 Å². The molecule has 1 saturated carbocycles. The van der Waals surface area contributed by atoms with E-state index < -0.39 is 16.6 Å². The van der Waals surface area contributed by atoms with Crippen molar-refractivity contribution in [3.05, 3.63) is 29.8 Å². The average Bonchev–Trinajstić information content (AvgIpc) is 3.14. The van der Waals surface area contributed by atoms with Crippen molar-refractivity contribution in [2.75, 3.05) is 0 Å². The zero-order chi connectivity index (χ0) is 24.6. The van der Waals surface area contributed by atoms with Gasteiger partial charge in [-0.3, -0.25) is 9.59 Å². The van der Waals surface area contributed by atoms with Crippen LogP contribution in [0.1, 0.15) is 142 Å². The summed E-state index contributed by atoms with van der Waals surface area (Å²) in [5.74, 6) is 0.439. The van der Waals surface area contributed by atoms with Crippen LogP contribution in [0.3, 0.4) is 0 Å². The Morgan fingerprint density at radius 2 is 1.42 bits per heavy atom. The Balaban J connectivity index is -0.000000294. The van der Waals surface area contributed by atoms with Gasteiger partial charge in [0.15, 0.2) is 0 Å². The molecule has 1 fully saturated rings. The van der Waals surface area contributed by atoms with Crippen molar-refractivity contribution in [2.45, 2.75) is 147 Å². The first-order valence-electron chi connectivity index (χ1n) is 12.0. The molecule has 5 nitrogen and oxygen atoms in total. The number of hydrogen-bond donors (Lipinski definition) is 1. The van der Waals surface area contributed by atoms with Gasteiger partial charge in [0, 0.05) is 0 Å². The first kappa shape index (κ1) is 41.1. The normalized spacial score (nSPS) is 14.7. The molecule has 0 radical (unpaired) electrons. The molecule has 1 N–H and O–H groups in total. The number of carbonyl (C=O) groups is 2. The fraction of sp³-hybridized carbons (Fsp3) is 0.742. The number of carbonyl (C=O) groups excluding carboxylic acids is 2. The summed E-state index contributed by atoms with van der Waals surface area (Å²) in [5, 5.41) is 9.01. The van der Waals surface area contributed by atoms with Crippen LogP contribution < -0.4 is 0 Å². The molecule has 1 aliphatic carbocycles. The second kappa shape index (κ2) is 17.4. The van der Waals surface area contributed by atoms with Crippen LogP contribution in [0.5, 0.6) is 5.75 Å². The Kier molecular flexibility index (Phi) is 19.9. The largest absolute Gasteiger partial charge is 0.508 e. The maximum atomic E-state index is 12.3. The van der Waals surface area contributed by atoms with Gasteiger partial charge in [-0.1, -0.05) is 62.6 Å². The van der Waals surface area contributed by atoms with Gasteiger partial charge in [0.05, 0.1) is 11.8 Å². The van der Waals surface area contributed by atoms with Crippen LogP contribution in [-0.2, 0) is 19.1 Å². The lowest BCUT2D eigenvalue weighted by molar-refractivity contribution is -0.177. The molecule has 0 spiro atoms. The third-order valence-corrected chi connectivity index (χ3v) is 6.22. The van der Waals surface area contributed by atoms with Gasteiger partial charge >= 0.3 is 11.9 Å². The summed E-state index contributed by atoms with van der Waals surface area (Å²) in [4.78, 5) is 24.5. The van der Waals surface area contributed by atoms with E-state index in [9.17, 15) is 9.59 Å². The van der Waals surface area contributed by atoms with Gasteiger partial charge in [0.2, 0.25) is 0 Å². The quantitative estimate of drug-likeness (QED) is 0.368. The van der Waals surface area contributed by atoms with Crippen LogP contribution in [0.15, 0.2) is 24.3 Å². The maximum absolute atomic E-state index is 12.3. The summed E-state index contributed by atoms with van der Waals surface area (Å²) >= 11 is 0. The molecular weight excluding hydrogens is 452 g/mol. The van der Waals surface area contributed by atoms with Crippen molar-refractivity contribution in [3.8, 4) is 5.75 Å². The van der Waals surface area contributed by atoms with E-state index in [0.717, 1.165) is 32.1 Å². The van der Waals surface area contributed by atoms with E-state index in [1.807, 2.05) is 53.7 Å². The minimum atomic E-state index is -0.661. The summed E-state index contributed by atoms with van der Waals surface area (Å²) in [7, 11) is 0. The number of phenolic OH excluding ortho intramolecular Hbond substituents is 1. The molecular formula is C31H60O5. The molecule has 5 heteroatoms. The monoisotopic (exact) mass is 512 g/mol. The lowest BCUT2D eigenvalue weighted by Crippen LogP contribution is -2.40. The summed E-state index contributed by atoms with van der Waals surface area (Å²) in [5.41, 5.74) is -0.385. The summed E-state index contributed by atoms with van der Waals surface area (Å²) < 4.78 is 11.2. The highest BCUT2D eigenvalue weighted by Gasteiger charge is 2.43. The number of aromatic hydroxyl groups is 1. The molecule has 0 heterocycles. The fourth-order valence-electron chi connectivity index (χ4n) is 3.49. The maximum Gasteiger partial charge on any atom is 0.312 e. The molecule has 1 unspecified atom stereocenters. The summed E-state index contributed by atoms with van der Waals surface area (Å²) in [6.07, 6.45) is 5.50. The Morgan fingerprint density at radius 1 is 0.944 bits per heavy atom. The smallest absolute Gasteiger partial charge is 0.312 e. The molecule has 1 aliphatic rings. The van der Waals surface area contributed by atoms with Gasteiger partial charge in [-0.25, -0.2) is 0 Å². The Morgan fingerprint density at radius 3 is 1.81 bits per heavy atom. The van der Waals surface area contributed by atoms with Crippen molar-refractivity contribution in [1.29, 1.82) is 0 Å². The zero-order valence-corrected chi connectivity index (χ0v) is 21.4. The standard InChI is InChI=1S/C17H30O4.C10H14O.4CH4/c1-7-16(5,6)14(19)21-17(10-8-9-11-17)12-13(18)20-15(2,3)4;1-3-8(2)9-4-6-10(11)7-5-9;;;;/h7-12H2,1-6H3;4-8,11H,3H2,1-2H3;4*1H4. The molecule has 0 saturated heterocycles. The van der Waals surface area contributed by atoms with E-state index in [0.29, 0.717) is 18.1 Å².